The van der Waals surface area contributed by atoms with E-state index in [9.17, 15) is 0 Å². The fourth-order valence-corrected chi connectivity index (χ4v) is 4.17. The molecule has 4 aromatic rings. The Morgan fingerprint density at radius 1 is 0.875 bits per heavy atom. The first-order valence-electron chi connectivity index (χ1n) is 11.4. The van der Waals surface area contributed by atoms with Crippen LogP contribution in [0.4, 0.5) is 0 Å². The highest BCUT2D eigenvalue weighted by molar-refractivity contribution is 5.76. The molecule has 32 heavy (non-hydrogen) atoms. The van der Waals surface area contributed by atoms with Crippen LogP contribution in [0.2, 0.25) is 0 Å². The van der Waals surface area contributed by atoms with Crippen molar-refractivity contribution in [2.24, 2.45) is 5.92 Å². The SMILES string of the molecule is COc1cccc(OCCn2c(C(C)c3ccc(CC(C)C)cc3)nc3ccccc32)c1. The molecule has 0 aliphatic carbocycles. The maximum absolute atomic E-state index is 6.04. The molecule has 0 saturated heterocycles. The minimum absolute atomic E-state index is 0.187. The van der Waals surface area contributed by atoms with Crippen molar-refractivity contribution in [3.8, 4) is 11.5 Å². The lowest BCUT2D eigenvalue weighted by Gasteiger charge is -2.16. The second-order valence-electron chi connectivity index (χ2n) is 8.70. The zero-order valence-corrected chi connectivity index (χ0v) is 19.4. The molecular weight excluding hydrogens is 396 g/mol. The molecule has 4 rings (SSSR count). The maximum Gasteiger partial charge on any atom is 0.123 e. The van der Waals surface area contributed by atoms with E-state index in [0.717, 1.165) is 41.3 Å². The molecule has 0 radical (unpaired) electrons. The molecule has 166 valence electrons. The minimum Gasteiger partial charge on any atom is -0.497 e. The molecule has 1 heterocycles. The number of hydrogen-bond donors (Lipinski definition) is 0. The second-order valence-corrected chi connectivity index (χ2v) is 8.70. The Bertz CT molecular complexity index is 1160. The Balaban J connectivity index is 1.56. The van der Waals surface area contributed by atoms with E-state index in [4.69, 9.17) is 14.5 Å². The van der Waals surface area contributed by atoms with Crippen molar-refractivity contribution in [2.45, 2.75) is 39.7 Å². The lowest BCUT2D eigenvalue weighted by atomic mass is 9.96. The van der Waals surface area contributed by atoms with Gasteiger partial charge in [0.25, 0.3) is 0 Å². The Hall–Kier alpha value is -3.27. The van der Waals surface area contributed by atoms with E-state index in [2.05, 4.69) is 67.8 Å². The van der Waals surface area contributed by atoms with E-state index in [1.165, 1.54) is 11.1 Å². The van der Waals surface area contributed by atoms with Crippen molar-refractivity contribution in [1.29, 1.82) is 0 Å². The van der Waals surface area contributed by atoms with Crippen LogP contribution in [0.25, 0.3) is 11.0 Å². The zero-order valence-electron chi connectivity index (χ0n) is 19.4. The summed E-state index contributed by atoms with van der Waals surface area (Å²) in [5.41, 5.74) is 4.83. The fourth-order valence-electron chi connectivity index (χ4n) is 4.17. The van der Waals surface area contributed by atoms with Crippen LogP contribution in [0.1, 0.15) is 43.6 Å². The molecule has 1 aromatic heterocycles. The molecule has 0 fully saturated rings. The fraction of sp³-hybridized carbons (Fsp3) is 0.321. The second kappa shape index (κ2) is 9.90. The van der Waals surface area contributed by atoms with E-state index < -0.39 is 0 Å². The topological polar surface area (TPSA) is 36.3 Å². The zero-order chi connectivity index (χ0) is 22.5. The molecule has 0 aliphatic heterocycles. The monoisotopic (exact) mass is 428 g/mol. The highest BCUT2D eigenvalue weighted by atomic mass is 16.5. The van der Waals surface area contributed by atoms with E-state index in [-0.39, 0.29) is 5.92 Å². The molecule has 0 amide bonds. The van der Waals surface area contributed by atoms with Gasteiger partial charge in [-0.2, -0.15) is 0 Å². The van der Waals surface area contributed by atoms with E-state index in [0.29, 0.717) is 12.5 Å². The van der Waals surface area contributed by atoms with E-state index in [1.807, 2.05) is 30.3 Å². The van der Waals surface area contributed by atoms with Gasteiger partial charge in [0, 0.05) is 12.0 Å². The van der Waals surface area contributed by atoms with Gasteiger partial charge in [-0.05, 0) is 47.7 Å². The van der Waals surface area contributed by atoms with Gasteiger partial charge in [-0.3, -0.25) is 0 Å². The highest BCUT2D eigenvalue weighted by Crippen LogP contribution is 2.28. The number of hydrogen-bond acceptors (Lipinski definition) is 3. The Kier molecular flexibility index (Phi) is 6.79. The molecule has 0 aliphatic rings. The van der Waals surface area contributed by atoms with Crippen LogP contribution in [-0.2, 0) is 13.0 Å². The smallest absolute Gasteiger partial charge is 0.123 e. The van der Waals surface area contributed by atoms with Crippen molar-refractivity contribution >= 4 is 11.0 Å². The van der Waals surface area contributed by atoms with Gasteiger partial charge >= 0.3 is 0 Å². The predicted octanol–water partition coefficient (Wildman–Crippen LogP) is 6.47. The molecule has 4 nitrogen and oxygen atoms in total. The summed E-state index contributed by atoms with van der Waals surface area (Å²) >= 11 is 0. The summed E-state index contributed by atoms with van der Waals surface area (Å²) in [6.07, 6.45) is 1.11. The third-order valence-electron chi connectivity index (χ3n) is 5.82. The van der Waals surface area contributed by atoms with Gasteiger partial charge < -0.3 is 14.0 Å². The Morgan fingerprint density at radius 2 is 1.62 bits per heavy atom. The number of para-hydroxylation sites is 2. The molecule has 3 aromatic carbocycles. The Morgan fingerprint density at radius 3 is 2.38 bits per heavy atom. The van der Waals surface area contributed by atoms with Gasteiger partial charge in [0.1, 0.15) is 23.9 Å². The summed E-state index contributed by atoms with van der Waals surface area (Å²) in [5.74, 6) is 3.52. The number of methoxy groups -OCH3 is 1. The summed E-state index contributed by atoms with van der Waals surface area (Å²) in [7, 11) is 1.67. The quantitative estimate of drug-likeness (QED) is 0.306. The summed E-state index contributed by atoms with van der Waals surface area (Å²) in [6.45, 7) is 8.03. The van der Waals surface area contributed by atoms with Crippen molar-refractivity contribution < 1.29 is 9.47 Å². The van der Waals surface area contributed by atoms with Crippen molar-refractivity contribution in [1.82, 2.24) is 9.55 Å². The minimum atomic E-state index is 0.187. The number of rotatable bonds is 9. The molecule has 1 unspecified atom stereocenters. The Labute approximate surface area is 190 Å². The molecule has 4 heteroatoms. The number of aromatic nitrogens is 2. The predicted molar refractivity (Wildman–Crippen MR) is 131 cm³/mol. The average Bonchev–Trinajstić information content (AvgIpc) is 3.17. The van der Waals surface area contributed by atoms with Crippen molar-refractivity contribution in [3.05, 3.63) is 89.7 Å². The largest absolute Gasteiger partial charge is 0.497 e. The lowest BCUT2D eigenvalue weighted by molar-refractivity contribution is 0.296. The molecule has 0 saturated carbocycles. The standard InChI is InChI=1S/C28H32N2O2/c1-20(2)18-22-12-14-23(15-13-22)21(3)28-29-26-10-5-6-11-27(26)30(28)16-17-32-25-9-7-8-24(19-25)31-4/h5-15,19-21H,16-18H2,1-4H3. The van der Waals surface area contributed by atoms with Crippen LogP contribution in [0.3, 0.4) is 0 Å². The van der Waals surface area contributed by atoms with Crippen LogP contribution >= 0.6 is 0 Å². The molecular formula is C28H32N2O2. The third kappa shape index (κ3) is 4.96. The highest BCUT2D eigenvalue weighted by Gasteiger charge is 2.18. The summed E-state index contributed by atoms with van der Waals surface area (Å²) in [6, 6.07) is 25.1. The van der Waals surface area contributed by atoms with Gasteiger partial charge in [0.2, 0.25) is 0 Å². The first-order valence-corrected chi connectivity index (χ1v) is 11.4. The van der Waals surface area contributed by atoms with E-state index >= 15 is 0 Å². The third-order valence-corrected chi connectivity index (χ3v) is 5.82. The first kappa shape index (κ1) is 21.9. The van der Waals surface area contributed by atoms with E-state index in [1.54, 1.807) is 7.11 Å². The maximum atomic E-state index is 6.04. The molecule has 0 bridgehead atoms. The van der Waals surface area contributed by atoms with Crippen LogP contribution in [-0.4, -0.2) is 23.3 Å². The van der Waals surface area contributed by atoms with Gasteiger partial charge in [-0.15, -0.1) is 0 Å². The first-order chi connectivity index (χ1) is 15.5. The van der Waals surface area contributed by atoms with Crippen LogP contribution < -0.4 is 9.47 Å². The van der Waals surface area contributed by atoms with Crippen molar-refractivity contribution in [2.75, 3.05) is 13.7 Å². The van der Waals surface area contributed by atoms with Gasteiger partial charge in [-0.1, -0.05) is 63.2 Å². The van der Waals surface area contributed by atoms with Gasteiger partial charge in [0.05, 0.1) is 24.7 Å². The van der Waals surface area contributed by atoms with Crippen LogP contribution in [0, 0.1) is 5.92 Å². The molecule has 0 N–H and O–H groups in total. The van der Waals surface area contributed by atoms with Crippen LogP contribution in [0.15, 0.2) is 72.8 Å². The normalized spacial score (nSPS) is 12.3. The number of nitrogens with zero attached hydrogens (tertiary/aromatic N) is 2. The molecule has 0 spiro atoms. The van der Waals surface area contributed by atoms with Gasteiger partial charge in [-0.25, -0.2) is 4.98 Å². The lowest BCUT2D eigenvalue weighted by Crippen LogP contribution is -2.13. The number of fused-ring (bicyclic) bond motifs is 1. The van der Waals surface area contributed by atoms with Crippen LogP contribution in [0.5, 0.6) is 11.5 Å². The number of ether oxygens (including phenoxy) is 2. The van der Waals surface area contributed by atoms with Crippen molar-refractivity contribution in [3.63, 3.8) is 0 Å². The molecule has 1 atom stereocenters. The summed E-state index contributed by atoms with van der Waals surface area (Å²) < 4.78 is 13.6. The summed E-state index contributed by atoms with van der Waals surface area (Å²) in [4.78, 5) is 5.00. The number of benzene rings is 3. The number of imidazole rings is 1. The van der Waals surface area contributed by atoms with Gasteiger partial charge in [0.15, 0.2) is 0 Å². The summed E-state index contributed by atoms with van der Waals surface area (Å²) in [5, 5.41) is 0. The average molecular weight is 429 g/mol.